The fraction of sp³-hybridized carbons (Fsp3) is 0.381. The summed E-state index contributed by atoms with van der Waals surface area (Å²) >= 11 is 6.07. The standard InChI is InChI=1S/C21H25ClN2O4S/c1-28-21(25)18-8-9-19(22)20(13-18)29(26,27)23-14-16-6-5-7-17(12-16)15-24-10-3-2-4-11-24/h5-9,12-13,23H,2-4,10-11,14-15H2,1H3. The molecule has 0 amide bonds. The molecule has 1 aliphatic rings. The van der Waals surface area contributed by atoms with Gasteiger partial charge in [-0.05, 0) is 55.3 Å². The van der Waals surface area contributed by atoms with Crippen LogP contribution in [0.15, 0.2) is 47.4 Å². The number of piperidine rings is 1. The number of esters is 1. The predicted octanol–water partition coefficient (Wildman–Crippen LogP) is 3.59. The molecule has 1 aliphatic heterocycles. The lowest BCUT2D eigenvalue weighted by atomic mass is 10.1. The monoisotopic (exact) mass is 436 g/mol. The second kappa shape index (κ2) is 9.71. The van der Waals surface area contributed by atoms with Crippen LogP contribution in [0.3, 0.4) is 0 Å². The Morgan fingerprint density at radius 3 is 2.55 bits per heavy atom. The Balaban J connectivity index is 1.70. The molecule has 0 unspecified atom stereocenters. The first-order valence-electron chi connectivity index (χ1n) is 9.57. The number of likely N-dealkylation sites (tertiary alicyclic amines) is 1. The summed E-state index contributed by atoms with van der Waals surface area (Å²) in [5.74, 6) is -0.622. The van der Waals surface area contributed by atoms with Crippen molar-refractivity contribution in [2.45, 2.75) is 37.2 Å². The average molecular weight is 437 g/mol. The highest BCUT2D eigenvalue weighted by atomic mass is 35.5. The molecule has 0 saturated carbocycles. The summed E-state index contributed by atoms with van der Waals surface area (Å²) in [5, 5.41) is 0.0454. The van der Waals surface area contributed by atoms with Crippen LogP contribution in [0, 0.1) is 0 Å². The summed E-state index contributed by atoms with van der Waals surface area (Å²) in [4.78, 5) is 14.0. The van der Waals surface area contributed by atoms with E-state index in [2.05, 4.69) is 20.4 Å². The molecular formula is C21H25ClN2O4S. The molecule has 3 rings (SSSR count). The van der Waals surface area contributed by atoms with Crippen LogP contribution >= 0.6 is 11.6 Å². The van der Waals surface area contributed by atoms with Crippen LogP contribution in [0.25, 0.3) is 0 Å². The molecule has 0 spiro atoms. The van der Waals surface area contributed by atoms with E-state index in [0.29, 0.717) is 0 Å². The highest BCUT2D eigenvalue weighted by molar-refractivity contribution is 7.89. The molecule has 6 nitrogen and oxygen atoms in total. The summed E-state index contributed by atoms with van der Waals surface area (Å²) in [6.07, 6.45) is 3.74. The van der Waals surface area contributed by atoms with Gasteiger partial charge in [0.1, 0.15) is 4.90 Å². The van der Waals surface area contributed by atoms with Crippen molar-refractivity contribution in [2.24, 2.45) is 0 Å². The molecule has 0 aliphatic carbocycles. The SMILES string of the molecule is COC(=O)c1ccc(Cl)c(S(=O)(=O)NCc2cccc(CN3CCCCC3)c2)c1. The van der Waals surface area contributed by atoms with Crippen molar-refractivity contribution in [3.63, 3.8) is 0 Å². The first-order chi connectivity index (χ1) is 13.9. The topological polar surface area (TPSA) is 75.7 Å². The number of nitrogens with one attached hydrogen (secondary N) is 1. The molecule has 156 valence electrons. The molecule has 2 aromatic carbocycles. The van der Waals surface area contributed by atoms with Crippen molar-refractivity contribution in [1.82, 2.24) is 9.62 Å². The van der Waals surface area contributed by atoms with Gasteiger partial charge >= 0.3 is 5.97 Å². The summed E-state index contributed by atoms with van der Waals surface area (Å²) in [7, 11) is -2.66. The molecule has 1 saturated heterocycles. The summed E-state index contributed by atoms with van der Waals surface area (Å²) in [5.41, 5.74) is 2.15. The van der Waals surface area contributed by atoms with Gasteiger partial charge in [-0.25, -0.2) is 17.9 Å². The number of methoxy groups -OCH3 is 1. The van der Waals surface area contributed by atoms with Crippen molar-refractivity contribution >= 4 is 27.6 Å². The lowest BCUT2D eigenvalue weighted by molar-refractivity contribution is 0.0600. The van der Waals surface area contributed by atoms with E-state index in [-0.39, 0.29) is 22.0 Å². The second-order valence-electron chi connectivity index (χ2n) is 7.12. The maximum atomic E-state index is 12.7. The maximum absolute atomic E-state index is 12.7. The average Bonchev–Trinajstić information content (AvgIpc) is 2.73. The van der Waals surface area contributed by atoms with E-state index >= 15 is 0 Å². The van der Waals surface area contributed by atoms with E-state index < -0.39 is 16.0 Å². The van der Waals surface area contributed by atoms with Gasteiger partial charge < -0.3 is 4.74 Å². The van der Waals surface area contributed by atoms with Gasteiger partial charge in [0.15, 0.2) is 0 Å². The third kappa shape index (κ3) is 5.79. The number of benzene rings is 2. The third-order valence-corrected chi connectivity index (χ3v) is 6.84. The second-order valence-corrected chi connectivity index (χ2v) is 9.26. The van der Waals surface area contributed by atoms with Crippen LogP contribution in [0.4, 0.5) is 0 Å². The number of hydrogen-bond acceptors (Lipinski definition) is 5. The Hall–Kier alpha value is -1.93. The quantitative estimate of drug-likeness (QED) is 0.671. The number of nitrogens with zero attached hydrogens (tertiary/aromatic N) is 1. The molecule has 0 bridgehead atoms. The van der Waals surface area contributed by atoms with Gasteiger partial charge in [0.05, 0.1) is 17.7 Å². The minimum atomic E-state index is -3.89. The molecule has 8 heteroatoms. The number of carbonyl (C=O) groups is 1. The molecule has 0 atom stereocenters. The molecule has 29 heavy (non-hydrogen) atoms. The number of rotatable bonds is 7. The largest absolute Gasteiger partial charge is 0.465 e. The zero-order chi connectivity index (χ0) is 20.9. The van der Waals surface area contributed by atoms with E-state index in [9.17, 15) is 13.2 Å². The van der Waals surface area contributed by atoms with Crippen LogP contribution in [-0.2, 0) is 27.8 Å². The number of ether oxygens (including phenoxy) is 1. The summed E-state index contributed by atoms with van der Waals surface area (Å²) in [6.45, 7) is 3.21. The van der Waals surface area contributed by atoms with Gasteiger partial charge in [-0.2, -0.15) is 0 Å². The normalized spacial score (nSPS) is 15.2. The minimum absolute atomic E-state index is 0.0454. The van der Waals surface area contributed by atoms with Gasteiger partial charge in [-0.1, -0.05) is 42.3 Å². The van der Waals surface area contributed by atoms with E-state index in [0.717, 1.165) is 30.8 Å². The van der Waals surface area contributed by atoms with Gasteiger partial charge in [0.2, 0.25) is 10.0 Å². The molecule has 2 aromatic rings. The van der Waals surface area contributed by atoms with Gasteiger partial charge in [-0.15, -0.1) is 0 Å². The lowest BCUT2D eigenvalue weighted by Crippen LogP contribution is -2.29. The van der Waals surface area contributed by atoms with E-state index in [1.165, 1.54) is 44.6 Å². The molecule has 1 heterocycles. The fourth-order valence-corrected chi connectivity index (χ4v) is 4.97. The van der Waals surface area contributed by atoms with Crippen LogP contribution in [0.5, 0.6) is 0 Å². The van der Waals surface area contributed by atoms with Crippen LogP contribution < -0.4 is 4.72 Å². The Kier molecular flexibility index (Phi) is 7.29. The van der Waals surface area contributed by atoms with Crippen molar-refractivity contribution in [3.8, 4) is 0 Å². The number of sulfonamides is 1. The highest BCUT2D eigenvalue weighted by Crippen LogP contribution is 2.23. The first kappa shape index (κ1) is 21.8. The Morgan fingerprint density at radius 1 is 1.10 bits per heavy atom. The highest BCUT2D eigenvalue weighted by Gasteiger charge is 2.20. The van der Waals surface area contributed by atoms with Crippen molar-refractivity contribution < 1.29 is 17.9 Å². The van der Waals surface area contributed by atoms with Crippen LogP contribution in [0.2, 0.25) is 5.02 Å². The smallest absolute Gasteiger partial charge is 0.337 e. The molecule has 0 aromatic heterocycles. The van der Waals surface area contributed by atoms with Gasteiger partial charge in [0, 0.05) is 13.1 Å². The van der Waals surface area contributed by atoms with Crippen molar-refractivity contribution in [2.75, 3.05) is 20.2 Å². The van der Waals surface area contributed by atoms with Crippen LogP contribution in [0.1, 0.15) is 40.7 Å². The lowest BCUT2D eigenvalue weighted by Gasteiger charge is -2.26. The van der Waals surface area contributed by atoms with Crippen molar-refractivity contribution in [3.05, 3.63) is 64.2 Å². The number of halogens is 1. The molecule has 0 radical (unpaired) electrons. The Bertz CT molecular complexity index is 972. The molecule has 1 N–H and O–H groups in total. The summed E-state index contributed by atoms with van der Waals surface area (Å²) in [6, 6.07) is 11.9. The Morgan fingerprint density at radius 2 is 1.83 bits per heavy atom. The van der Waals surface area contributed by atoms with Gasteiger partial charge in [0.25, 0.3) is 0 Å². The zero-order valence-corrected chi connectivity index (χ0v) is 17.9. The number of carbonyl (C=O) groups excluding carboxylic acids is 1. The maximum Gasteiger partial charge on any atom is 0.337 e. The van der Waals surface area contributed by atoms with Crippen LogP contribution in [-0.4, -0.2) is 39.5 Å². The molecule has 1 fully saturated rings. The predicted molar refractivity (Wildman–Crippen MR) is 112 cm³/mol. The first-order valence-corrected chi connectivity index (χ1v) is 11.4. The number of hydrogen-bond donors (Lipinski definition) is 1. The zero-order valence-electron chi connectivity index (χ0n) is 16.4. The van der Waals surface area contributed by atoms with E-state index in [1.54, 1.807) is 0 Å². The van der Waals surface area contributed by atoms with Gasteiger partial charge in [-0.3, -0.25) is 4.90 Å². The van der Waals surface area contributed by atoms with E-state index in [4.69, 9.17) is 11.6 Å². The van der Waals surface area contributed by atoms with E-state index in [1.807, 2.05) is 18.2 Å². The molecular weight excluding hydrogens is 412 g/mol. The Labute approximate surface area is 176 Å². The fourth-order valence-electron chi connectivity index (χ4n) is 3.42. The van der Waals surface area contributed by atoms with Crippen molar-refractivity contribution in [1.29, 1.82) is 0 Å². The third-order valence-electron chi connectivity index (χ3n) is 4.95. The minimum Gasteiger partial charge on any atom is -0.465 e. The summed E-state index contributed by atoms with van der Waals surface area (Å²) < 4.78 is 32.7.